The number of ether oxygens (including phenoxy) is 4. The molecule has 1 fully saturated rings. The molecule has 0 radical (unpaired) electrons. The number of esters is 2. The van der Waals surface area contributed by atoms with E-state index in [1.54, 1.807) is 0 Å². The van der Waals surface area contributed by atoms with E-state index in [9.17, 15) is 37.9 Å². The van der Waals surface area contributed by atoms with Crippen LogP contribution in [-0.2, 0) is 38.7 Å². The van der Waals surface area contributed by atoms with Gasteiger partial charge in [0.1, 0.15) is 36.8 Å². The van der Waals surface area contributed by atoms with Crippen LogP contribution >= 0.6 is 0 Å². The van der Waals surface area contributed by atoms with Crippen molar-refractivity contribution in [3.63, 3.8) is 0 Å². The quantitative estimate of drug-likeness (QED) is 0.0207. The maximum atomic E-state index is 12.7. The molecule has 3 unspecified atom stereocenters. The highest BCUT2D eigenvalue weighted by Gasteiger charge is 2.46. The van der Waals surface area contributed by atoms with Crippen LogP contribution in [0.15, 0.2) is 60.8 Å². The predicted octanol–water partition coefficient (Wildman–Crippen LogP) is 8.56. The van der Waals surface area contributed by atoms with Crippen LogP contribution in [0, 0.1) is 0 Å². The van der Waals surface area contributed by atoms with E-state index in [1.165, 1.54) is 83.5 Å². The summed E-state index contributed by atoms with van der Waals surface area (Å²) in [5.74, 6) is -2.08. The molecule has 0 saturated carbocycles. The van der Waals surface area contributed by atoms with Gasteiger partial charge in [-0.2, -0.15) is 8.42 Å². The molecule has 6 atom stereocenters. The van der Waals surface area contributed by atoms with E-state index in [1.807, 2.05) is 54.7 Å². The molecule has 0 amide bonds. The summed E-state index contributed by atoms with van der Waals surface area (Å²) in [6, 6.07) is 0. The zero-order valence-corrected chi connectivity index (χ0v) is 36.2. The van der Waals surface area contributed by atoms with E-state index >= 15 is 0 Å². The molecule has 0 aromatic carbocycles. The molecule has 1 aliphatic heterocycles. The first-order valence-corrected chi connectivity index (χ1v) is 23.5. The van der Waals surface area contributed by atoms with Gasteiger partial charge in [-0.1, -0.05) is 177 Å². The molecule has 4 N–H and O–H groups in total. The summed E-state index contributed by atoms with van der Waals surface area (Å²) >= 11 is 0. The molecule has 1 heterocycles. The number of rotatable bonds is 35. The van der Waals surface area contributed by atoms with Gasteiger partial charge in [-0.15, -0.1) is 0 Å². The van der Waals surface area contributed by atoms with Crippen molar-refractivity contribution in [1.82, 2.24) is 0 Å². The summed E-state index contributed by atoms with van der Waals surface area (Å²) in [5.41, 5.74) is 0. The van der Waals surface area contributed by atoms with E-state index in [2.05, 4.69) is 19.9 Å². The smallest absolute Gasteiger partial charge is 0.306 e. The van der Waals surface area contributed by atoms with E-state index < -0.39 is 71.2 Å². The normalized spacial score (nSPS) is 21.0. The van der Waals surface area contributed by atoms with E-state index in [4.69, 9.17) is 18.9 Å². The van der Waals surface area contributed by atoms with Crippen LogP contribution < -0.4 is 0 Å². The monoisotopic (exact) mass is 841 g/mol. The Kier molecular flexibility index (Phi) is 32.3. The van der Waals surface area contributed by atoms with E-state index in [0.717, 1.165) is 25.7 Å². The van der Waals surface area contributed by atoms with E-state index in [-0.39, 0.29) is 19.4 Å². The van der Waals surface area contributed by atoms with Gasteiger partial charge in [0, 0.05) is 12.8 Å². The van der Waals surface area contributed by atoms with Gasteiger partial charge in [-0.3, -0.25) is 14.1 Å². The zero-order valence-electron chi connectivity index (χ0n) is 35.4. The van der Waals surface area contributed by atoms with Gasteiger partial charge >= 0.3 is 11.9 Å². The Balaban J connectivity index is 2.49. The second-order valence-corrected chi connectivity index (χ2v) is 16.6. The zero-order chi connectivity index (χ0) is 42.7. The molecule has 0 aromatic heterocycles. The predicted molar refractivity (Wildman–Crippen MR) is 229 cm³/mol. The standard InChI is InChI=1S/C45H76O12S/c1-3-5-7-9-11-13-15-17-18-19-20-22-23-25-27-29-31-33-40(46)54-35-38(36-55-45-44(50)43(49)42(48)39(57-45)37-58(51,52)53)56-41(47)34-32-30-28-26-24-21-16-14-12-10-8-6-4-2/h6,8,10,12,14,16,21,24,26,28,38-39,42-45,48-50H,3-5,7,9,11,13,15,17-20,22-23,25,27,29-37H2,1-2H3,(H,51,52,53)/b8-6+,12-10+,16-14+,24-21+,28-26+/t38?,39-,42-,43?,44?,45+/m1/s1. The Bertz CT molecular complexity index is 1310. The molecule has 13 heteroatoms. The molecular weight excluding hydrogens is 765 g/mol. The number of allylic oxidation sites excluding steroid dienone is 10. The first-order chi connectivity index (χ1) is 28.0. The lowest BCUT2D eigenvalue weighted by molar-refractivity contribution is -0.297. The minimum absolute atomic E-state index is 0.0671. The number of carbonyl (C=O) groups excluding carboxylic acids is 2. The van der Waals surface area contributed by atoms with Gasteiger partial charge in [0.25, 0.3) is 10.1 Å². The molecule has 1 aliphatic rings. The van der Waals surface area contributed by atoms with Gasteiger partial charge < -0.3 is 34.3 Å². The minimum Gasteiger partial charge on any atom is -0.462 e. The number of unbranched alkanes of at least 4 members (excludes halogenated alkanes) is 17. The van der Waals surface area contributed by atoms with Crippen molar-refractivity contribution in [3.05, 3.63) is 60.8 Å². The summed E-state index contributed by atoms with van der Waals surface area (Å²) in [5, 5.41) is 30.8. The van der Waals surface area contributed by atoms with Crippen LogP contribution in [-0.4, -0.2) is 96.0 Å². The van der Waals surface area contributed by atoms with E-state index in [0.29, 0.717) is 19.3 Å². The van der Waals surface area contributed by atoms with Crippen LogP contribution in [0.4, 0.5) is 0 Å². The Labute approximate surface area is 349 Å². The largest absolute Gasteiger partial charge is 0.462 e. The average molecular weight is 841 g/mol. The molecule has 58 heavy (non-hydrogen) atoms. The van der Waals surface area contributed by atoms with Crippen LogP contribution in [0.25, 0.3) is 0 Å². The van der Waals surface area contributed by atoms with Crippen molar-refractivity contribution in [3.8, 4) is 0 Å². The third kappa shape index (κ3) is 29.5. The highest BCUT2D eigenvalue weighted by atomic mass is 32.2. The fourth-order valence-electron chi connectivity index (χ4n) is 6.35. The molecule has 0 bridgehead atoms. The van der Waals surface area contributed by atoms with Crippen molar-refractivity contribution >= 4 is 22.1 Å². The van der Waals surface area contributed by atoms with Crippen LogP contribution in [0.1, 0.15) is 155 Å². The number of aliphatic hydroxyl groups excluding tert-OH is 3. The lowest BCUT2D eigenvalue weighted by Gasteiger charge is -2.40. The summed E-state index contributed by atoms with van der Waals surface area (Å²) in [4.78, 5) is 25.3. The summed E-state index contributed by atoms with van der Waals surface area (Å²) in [6.45, 7) is 3.55. The van der Waals surface area contributed by atoms with Crippen molar-refractivity contribution in [2.24, 2.45) is 0 Å². The third-order valence-electron chi connectivity index (χ3n) is 9.74. The van der Waals surface area contributed by atoms with Crippen LogP contribution in [0.2, 0.25) is 0 Å². The fraction of sp³-hybridized carbons (Fsp3) is 0.733. The van der Waals surface area contributed by atoms with Crippen LogP contribution in [0.3, 0.4) is 0 Å². The molecule has 1 rings (SSSR count). The topological polar surface area (TPSA) is 186 Å². The Morgan fingerprint density at radius 1 is 0.603 bits per heavy atom. The van der Waals surface area contributed by atoms with Crippen molar-refractivity contribution in [2.75, 3.05) is 19.0 Å². The Morgan fingerprint density at radius 2 is 1.09 bits per heavy atom. The molecular formula is C45H76O12S. The van der Waals surface area contributed by atoms with Gasteiger partial charge in [-0.05, 0) is 25.7 Å². The van der Waals surface area contributed by atoms with Gasteiger partial charge in [0.2, 0.25) is 0 Å². The number of hydrogen-bond donors (Lipinski definition) is 4. The highest BCUT2D eigenvalue weighted by Crippen LogP contribution is 2.24. The maximum Gasteiger partial charge on any atom is 0.306 e. The third-order valence-corrected chi connectivity index (χ3v) is 10.5. The molecule has 334 valence electrons. The first kappa shape index (κ1) is 53.4. The minimum atomic E-state index is -4.61. The second kappa shape index (κ2) is 35.1. The summed E-state index contributed by atoms with van der Waals surface area (Å²) < 4.78 is 53.9. The maximum absolute atomic E-state index is 12.7. The average Bonchev–Trinajstić information content (AvgIpc) is 3.18. The summed E-state index contributed by atoms with van der Waals surface area (Å²) in [7, 11) is -4.61. The molecule has 12 nitrogen and oxygen atoms in total. The lowest BCUT2D eigenvalue weighted by Crippen LogP contribution is -2.60. The van der Waals surface area contributed by atoms with Gasteiger partial charge in [-0.25, -0.2) is 0 Å². The number of carbonyl (C=O) groups is 2. The Morgan fingerprint density at radius 3 is 1.60 bits per heavy atom. The summed E-state index contributed by atoms with van der Waals surface area (Å²) in [6.07, 6.45) is 32.9. The van der Waals surface area contributed by atoms with Crippen molar-refractivity contribution in [2.45, 2.75) is 192 Å². The highest BCUT2D eigenvalue weighted by molar-refractivity contribution is 7.85. The second-order valence-electron chi connectivity index (χ2n) is 15.1. The molecule has 0 aromatic rings. The molecule has 1 saturated heterocycles. The molecule has 0 spiro atoms. The number of hydrogen-bond acceptors (Lipinski definition) is 11. The van der Waals surface area contributed by atoms with Crippen molar-refractivity contribution < 1.29 is 56.8 Å². The van der Waals surface area contributed by atoms with Crippen molar-refractivity contribution in [1.29, 1.82) is 0 Å². The molecule has 0 aliphatic carbocycles. The first-order valence-electron chi connectivity index (χ1n) is 21.9. The van der Waals surface area contributed by atoms with Crippen LogP contribution in [0.5, 0.6) is 0 Å². The number of aliphatic hydroxyl groups is 3. The lowest BCUT2D eigenvalue weighted by atomic mass is 10.00. The van der Waals surface area contributed by atoms with Gasteiger partial charge in [0.05, 0.1) is 6.61 Å². The SMILES string of the molecule is CC/C=C/C=C/C=C/C=C/C=C/CCCC(=O)OC(COC(=O)CCCCCCCCCCCCCCCCCCC)CO[C@H]1O[C@H](CS(=O)(=O)O)[C@@H](O)C(O)C1O. The van der Waals surface area contributed by atoms with Gasteiger partial charge in [0.15, 0.2) is 12.4 Å². The Hall–Kier alpha value is -2.65. The fourth-order valence-corrected chi connectivity index (χ4v) is 7.04.